The van der Waals surface area contributed by atoms with E-state index in [-0.39, 0.29) is 0 Å². The van der Waals surface area contributed by atoms with Gasteiger partial charge in [-0.05, 0) is 5.16 Å². The summed E-state index contributed by atoms with van der Waals surface area (Å²) in [6.45, 7) is 0. The minimum absolute atomic E-state index is 0.556. The Balaban J connectivity index is 1.56. The molecule has 0 saturated heterocycles. The van der Waals surface area contributed by atoms with Crippen molar-refractivity contribution in [2.45, 2.75) is 19.3 Å². The molecule has 0 aliphatic carbocycles. The molecular weight excluding hydrogens is 292 g/mol. The lowest BCUT2D eigenvalue weighted by Crippen LogP contribution is -2.10. The Morgan fingerprint density at radius 1 is 1.10 bits per heavy atom. The molecule has 0 spiro atoms. The zero-order valence-electron chi connectivity index (χ0n) is 11.7. The summed E-state index contributed by atoms with van der Waals surface area (Å²) in [6.07, 6.45) is 3.59. The molecule has 3 aromatic heterocycles. The number of hydrogen-bond acceptors (Lipinski definition) is 9. The summed E-state index contributed by atoms with van der Waals surface area (Å²) < 4.78 is 10.4. The Hall–Kier alpha value is -2.29. The van der Waals surface area contributed by atoms with E-state index in [9.17, 15) is 0 Å². The van der Waals surface area contributed by atoms with E-state index in [4.69, 9.17) is 9.05 Å². The van der Waals surface area contributed by atoms with Crippen molar-refractivity contribution in [2.24, 2.45) is 0 Å². The maximum absolute atomic E-state index is 5.21. The minimum Gasteiger partial charge on any atom is -0.344 e. The van der Waals surface area contributed by atoms with Gasteiger partial charge in [-0.3, -0.25) is 4.98 Å². The molecule has 0 N–H and O–H groups in total. The molecule has 0 aliphatic heterocycles. The van der Waals surface area contributed by atoms with Gasteiger partial charge in [0.05, 0.1) is 5.51 Å². The monoisotopic (exact) mass is 306 g/mol. The molecule has 0 bridgehead atoms. The predicted molar refractivity (Wildman–Crippen MR) is 75.3 cm³/mol. The largest absolute Gasteiger partial charge is 0.344 e. The van der Waals surface area contributed by atoms with Crippen molar-refractivity contribution in [1.82, 2.24) is 25.3 Å². The molecule has 0 saturated carbocycles. The van der Waals surface area contributed by atoms with Crippen LogP contribution in [0, 0.1) is 0 Å². The van der Waals surface area contributed by atoms with Crippen LogP contribution in [0.25, 0.3) is 0 Å². The second-order valence-corrected chi connectivity index (χ2v) is 5.60. The molecule has 0 unspecified atom stereocenters. The first-order valence-corrected chi connectivity index (χ1v) is 7.27. The number of aryl methyl sites for hydroxylation is 2. The third kappa shape index (κ3) is 3.43. The summed E-state index contributed by atoms with van der Waals surface area (Å²) in [7, 11) is 3.72. The van der Waals surface area contributed by atoms with Crippen molar-refractivity contribution in [3.63, 3.8) is 0 Å². The average Bonchev–Trinajstić information content (AvgIpc) is 3.18. The van der Waals surface area contributed by atoms with E-state index in [0.29, 0.717) is 42.8 Å². The molecule has 0 aromatic carbocycles. The van der Waals surface area contributed by atoms with E-state index in [0.717, 1.165) is 4.88 Å². The second-order valence-electron chi connectivity index (χ2n) is 4.63. The van der Waals surface area contributed by atoms with Crippen LogP contribution in [0.4, 0.5) is 5.95 Å². The van der Waals surface area contributed by atoms with Crippen LogP contribution in [0.3, 0.4) is 0 Å². The zero-order valence-corrected chi connectivity index (χ0v) is 12.5. The highest BCUT2D eigenvalue weighted by Crippen LogP contribution is 2.12. The van der Waals surface area contributed by atoms with Crippen LogP contribution in [0.15, 0.2) is 20.8 Å². The van der Waals surface area contributed by atoms with Gasteiger partial charge in [-0.25, -0.2) is 0 Å². The lowest BCUT2D eigenvalue weighted by Gasteiger charge is -2.02. The molecule has 9 heteroatoms. The number of aromatic nitrogens is 5. The topological polar surface area (TPSA) is 94.0 Å². The average molecular weight is 306 g/mol. The highest BCUT2D eigenvalue weighted by molar-refractivity contribution is 7.09. The van der Waals surface area contributed by atoms with E-state index >= 15 is 0 Å². The maximum Gasteiger partial charge on any atom is 0.265 e. The SMILES string of the molecule is CN(C)c1noc(CCc2nc(Cc3cncs3)no2)n1. The number of thiazole rings is 1. The summed E-state index contributed by atoms with van der Waals surface area (Å²) in [5, 5.41) is 7.81. The van der Waals surface area contributed by atoms with Crippen molar-refractivity contribution in [3.8, 4) is 0 Å². The smallest absolute Gasteiger partial charge is 0.265 e. The maximum atomic E-state index is 5.21. The highest BCUT2D eigenvalue weighted by atomic mass is 32.1. The van der Waals surface area contributed by atoms with Gasteiger partial charge >= 0.3 is 0 Å². The van der Waals surface area contributed by atoms with Gasteiger partial charge in [-0.1, -0.05) is 5.16 Å². The van der Waals surface area contributed by atoms with Gasteiger partial charge in [0.25, 0.3) is 5.95 Å². The lowest BCUT2D eigenvalue weighted by atomic mass is 10.3. The fourth-order valence-electron chi connectivity index (χ4n) is 1.69. The van der Waals surface area contributed by atoms with E-state index in [1.165, 1.54) is 0 Å². The molecule has 0 aliphatic rings. The molecule has 21 heavy (non-hydrogen) atoms. The summed E-state index contributed by atoms with van der Waals surface area (Å²) in [6, 6.07) is 0. The van der Waals surface area contributed by atoms with Gasteiger partial charge in [0.2, 0.25) is 11.8 Å². The summed E-state index contributed by atoms with van der Waals surface area (Å²) >= 11 is 1.57. The number of anilines is 1. The summed E-state index contributed by atoms with van der Waals surface area (Å²) in [5.41, 5.74) is 1.79. The van der Waals surface area contributed by atoms with Gasteiger partial charge in [-0.2, -0.15) is 9.97 Å². The van der Waals surface area contributed by atoms with Gasteiger partial charge in [0, 0.05) is 44.4 Å². The lowest BCUT2D eigenvalue weighted by molar-refractivity contribution is 0.352. The summed E-state index contributed by atoms with van der Waals surface area (Å²) in [5.74, 6) is 2.34. The van der Waals surface area contributed by atoms with Crippen LogP contribution >= 0.6 is 11.3 Å². The molecule has 3 rings (SSSR count). The standard InChI is InChI=1S/C12H14N6O2S/c1-18(2)12-15-11(20-17-12)4-3-10-14-9(16-19-10)5-8-6-13-7-21-8/h6-7H,3-5H2,1-2H3. The minimum atomic E-state index is 0.556. The van der Waals surface area contributed by atoms with Crippen molar-refractivity contribution >= 4 is 17.3 Å². The zero-order chi connectivity index (χ0) is 14.7. The fourth-order valence-corrected chi connectivity index (χ4v) is 2.28. The Morgan fingerprint density at radius 2 is 1.86 bits per heavy atom. The van der Waals surface area contributed by atoms with E-state index in [1.807, 2.05) is 20.3 Å². The fraction of sp³-hybridized carbons (Fsp3) is 0.417. The predicted octanol–water partition coefficient (Wildman–Crippen LogP) is 1.35. The van der Waals surface area contributed by atoms with Gasteiger partial charge < -0.3 is 13.9 Å². The van der Waals surface area contributed by atoms with E-state index < -0.39 is 0 Å². The van der Waals surface area contributed by atoms with Crippen LogP contribution in [0.2, 0.25) is 0 Å². The van der Waals surface area contributed by atoms with Crippen LogP contribution in [0.1, 0.15) is 22.5 Å². The third-order valence-corrected chi connectivity index (χ3v) is 3.52. The number of nitrogens with zero attached hydrogens (tertiary/aromatic N) is 6. The van der Waals surface area contributed by atoms with Crippen LogP contribution in [-0.4, -0.2) is 39.4 Å². The summed E-state index contributed by atoms with van der Waals surface area (Å²) in [4.78, 5) is 15.5. The number of hydrogen-bond donors (Lipinski definition) is 0. The molecule has 8 nitrogen and oxygen atoms in total. The molecule has 0 fully saturated rings. The normalized spacial score (nSPS) is 11.0. The first-order valence-electron chi connectivity index (χ1n) is 6.39. The Morgan fingerprint density at radius 3 is 2.52 bits per heavy atom. The third-order valence-electron chi connectivity index (χ3n) is 2.74. The molecule has 3 heterocycles. The molecular formula is C12H14N6O2S. The van der Waals surface area contributed by atoms with Crippen LogP contribution in [0.5, 0.6) is 0 Å². The van der Waals surface area contributed by atoms with Crippen LogP contribution < -0.4 is 4.90 Å². The molecule has 3 aromatic rings. The van der Waals surface area contributed by atoms with Gasteiger partial charge in [0.1, 0.15) is 0 Å². The Bertz CT molecular complexity index is 690. The quantitative estimate of drug-likeness (QED) is 0.673. The van der Waals surface area contributed by atoms with E-state index in [1.54, 1.807) is 21.7 Å². The van der Waals surface area contributed by atoms with Crippen LogP contribution in [-0.2, 0) is 19.3 Å². The van der Waals surface area contributed by atoms with E-state index in [2.05, 4.69) is 25.3 Å². The second kappa shape index (κ2) is 6.00. The van der Waals surface area contributed by atoms with Crippen molar-refractivity contribution in [1.29, 1.82) is 0 Å². The highest BCUT2D eigenvalue weighted by Gasteiger charge is 2.12. The van der Waals surface area contributed by atoms with Crippen molar-refractivity contribution in [3.05, 3.63) is 34.2 Å². The van der Waals surface area contributed by atoms with Gasteiger partial charge in [-0.15, -0.1) is 11.3 Å². The number of rotatable bonds is 6. The first-order chi connectivity index (χ1) is 10.2. The van der Waals surface area contributed by atoms with Crippen molar-refractivity contribution in [2.75, 3.05) is 19.0 Å². The molecule has 0 atom stereocenters. The Kier molecular flexibility index (Phi) is 3.91. The van der Waals surface area contributed by atoms with Crippen molar-refractivity contribution < 1.29 is 9.05 Å². The molecule has 110 valence electrons. The van der Waals surface area contributed by atoms with Gasteiger partial charge in [0.15, 0.2) is 5.82 Å². The first kappa shape index (κ1) is 13.7. The molecule has 0 amide bonds. The molecule has 0 radical (unpaired) electrons. The Labute approximate surface area is 124 Å².